The van der Waals surface area contributed by atoms with E-state index in [1.165, 1.54) is 0 Å². The first-order valence-corrected chi connectivity index (χ1v) is 7.49. The molecule has 5 nitrogen and oxygen atoms in total. The average molecular weight is 297 g/mol. The van der Waals surface area contributed by atoms with Crippen molar-refractivity contribution in [1.82, 2.24) is 5.32 Å². The molecular weight excluding hydrogens is 270 g/mol. The van der Waals surface area contributed by atoms with Crippen molar-refractivity contribution in [2.45, 2.75) is 77.6 Å². The van der Waals surface area contributed by atoms with Crippen LogP contribution < -0.4 is 5.32 Å². The van der Waals surface area contributed by atoms with Crippen molar-refractivity contribution < 1.29 is 19.0 Å². The van der Waals surface area contributed by atoms with Gasteiger partial charge in [-0.15, -0.1) is 0 Å². The van der Waals surface area contributed by atoms with Gasteiger partial charge in [0.1, 0.15) is 11.7 Å². The summed E-state index contributed by atoms with van der Waals surface area (Å²) in [5.41, 5.74) is 0.544. The normalized spacial score (nSPS) is 34.4. The van der Waals surface area contributed by atoms with Crippen molar-refractivity contribution in [3.63, 3.8) is 0 Å². The van der Waals surface area contributed by atoms with Crippen molar-refractivity contribution in [2.24, 2.45) is 5.92 Å². The Morgan fingerprint density at radius 2 is 1.86 bits per heavy atom. The second-order valence-electron chi connectivity index (χ2n) is 7.51. The number of hydrogen-bond donors (Lipinski definition) is 1. The third kappa shape index (κ3) is 3.77. The first-order chi connectivity index (χ1) is 9.48. The van der Waals surface area contributed by atoms with Crippen LogP contribution in [0.3, 0.4) is 0 Å². The molecule has 1 heterocycles. The fraction of sp³-hybridized carbons (Fsp3) is 0.812. The van der Waals surface area contributed by atoms with Crippen LogP contribution in [-0.2, 0) is 14.2 Å². The van der Waals surface area contributed by atoms with Gasteiger partial charge in [-0.3, -0.25) is 0 Å². The number of ether oxygens (including phenoxy) is 3. The lowest BCUT2D eigenvalue weighted by atomic mass is 9.98. The van der Waals surface area contributed by atoms with Crippen molar-refractivity contribution >= 4 is 6.09 Å². The maximum absolute atomic E-state index is 12.0. The van der Waals surface area contributed by atoms with Gasteiger partial charge in [-0.05, 0) is 48.0 Å². The molecule has 0 spiro atoms. The Balaban J connectivity index is 2.07. The number of amides is 1. The minimum absolute atomic E-state index is 0.0579. The molecule has 1 saturated carbocycles. The van der Waals surface area contributed by atoms with E-state index in [4.69, 9.17) is 14.2 Å². The molecule has 1 saturated heterocycles. The Hall–Kier alpha value is -1.07. The van der Waals surface area contributed by atoms with Crippen LogP contribution in [0.5, 0.6) is 0 Å². The fourth-order valence-electron chi connectivity index (χ4n) is 3.06. The van der Waals surface area contributed by atoms with Crippen molar-refractivity contribution in [2.75, 3.05) is 0 Å². The van der Waals surface area contributed by atoms with Gasteiger partial charge in [0.05, 0.1) is 12.1 Å². The van der Waals surface area contributed by atoms with Crippen molar-refractivity contribution in [3.05, 3.63) is 12.2 Å². The summed E-state index contributed by atoms with van der Waals surface area (Å²) in [5.74, 6) is -0.436. The summed E-state index contributed by atoms with van der Waals surface area (Å²) in [6.07, 6.45) is 0.133. The van der Waals surface area contributed by atoms with Crippen LogP contribution in [0, 0.1) is 5.92 Å². The van der Waals surface area contributed by atoms with E-state index in [-0.39, 0.29) is 24.2 Å². The molecule has 0 bridgehead atoms. The number of nitrogens with one attached hydrogen (secondary N) is 1. The summed E-state index contributed by atoms with van der Waals surface area (Å²) in [6, 6.07) is -0.117. The second-order valence-corrected chi connectivity index (χ2v) is 7.51. The van der Waals surface area contributed by atoms with Gasteiger partial charge in [-0.25, -0.2) is 4.79 Å². The van der Waals surface area contributed by atoms with Crippen LogP contribution in [0.25, 0.3) is 0 Å². The molecule has 21 heavy (non-hydrogen) atoms. The zero-order valence-corrected chi connectivity index (χ0v) is 13.9. The van der Waals surface area contributed by atoms with Gasteiger partial charge in [-0.1, -0.05) is 12.2 Å². The Morgan fingerprint density at radius 3 is 2.38 bits per heavy atom. The summed E-state index contributed by atoms with van der Waals surface area (Å²) in [6.45, 7) is 15.4. The Labute approximate surface area is 127 Å². The lowest BCUT2D eigenvalue weighted by molar-refractivity contribution is -0.157. The predicted molar refractivity (Wildman–Crippen MR) is 79.9 cm³/mol. The third-order valence-electron chi connectivity index (χ3n) is 3.80. The van der Waals surface area contributed by atoms with E-state index >= 15 is 0 Å². The largest absolute Gasteiger partial charge is 0.444 e. The van der Waals surface area contributed by atoms with Crippen LogP contribution in [0.2, 0.25) is 0 Å². The molecule has 0 aromatic carbocycles. The summed E-state index contributed by atoms with van der Waals surface area (Å²) in [5, 5.41) is 2.92. The zero-order chi connectivity index (χ0) is 16.0. The van der Waals surface area contributed by atoms with E-state index < -0.39 is 17.5 Å². The molecule has 120 valence electrons. The Bertz CT molecular complexity index is 438. The Kier molecular flexibility index (Phi) is 4.10. The van der Waals surface area contributed by atoms with E-state index in [9.17, 15) is 4.79 Å². The topological polar surface area (TPSA) is 56.8 Å². The summed E-state index contributed by atoms with van der Waals surface area (Å²) in [4.78, 5) is 12.0. The fourth-order valence-corrected chi connectivity index (χ4v) is 3.06. The van der Waals surface area contributed by atoms with Gasteiger partial charge in [0.25, 0.3) is 0 Å². The van der Waals surface area contributed by atoms with Crippen molar-refractivity contribution in [1.29, 1.82) is 0 Å². The maximum Gasteiger partial charge on any atom is 0.407 e. The highest BCUT2D eigenvalue weighted by Crippen LogP contribution is 2.44. The number of hydrogen-bond acceptors (Lipinski definition) is 4. The first kappa shape index (κ1) is 16.3. The number of fused-ring (bicyclic) bond motifs is 1. The molecule has 2 rings (SSSR count). The number of rotatable bonds is 2. The van der Waals surface area contributed by atoms with Gasteiger partial charge >= 0.3 is 6.09 Å². The van der Waals surface area contributed by atoms with Gasteiger partial charge in [0.2, 0.25) is 0 Å². The molecule has 0 radical (unpaired) electrons. The predicted octanol–water partition coefficient (Wildman–Crippen LogP) is 3.00. The van der Waals surface area contributed by atoms with Crippen LogP contribution >= 0.6 is 0 Å². The number of carbonyl (C=O) groups is 1. The van der Waals surface area contributed by atoms with Gasteiger partial charge in [0.15, 0.2) is 5.79 Å². The third-order valence-corrected chi connectivity index (χ3v) is 3.80. The average Bonchev–Trinajstić information content (AvgIpc) is 2.70. The van der Waals surface area contributed by atoms with E-state index in [1.807, 2.05) is 41.5 Å². The minimum atomic E-state index is -0.628. The van der Waals surface area contributed by atoms with Gasteiger partial charge in [-0.2, -0.15) is 0 Å². The molecule has 0 aromatic heterocycles. The van der Waals surface area contributed by atoms with E-state index in [0.717, 1.165) is 12.0 Å². The standard InChI is InChI=1S/C16H27NO4/c1-9(2)10-8-11(17-14(18)21-15(3,4)5)13-12(10)19-16(6,7)20-13/h10-13H,1,8H2,2-7H3,(H,17,18)/t10-,11-,12-,13+/m1/s1. The smallest absolute Gasteiger partial charge is 0.407 e. The first-order valence-electron chi connectivity index (χ1n) is 7.49. The molecule has 1 aliphatic carbocycles. The highest BCUT2D eigenvalue weighted by atomic mass is 16.8. The molecule has 5 heteroatoms. The summed E-state index contributed by atoms with van der Waals surface area (Å²) < 4.78 is 17.3. The molecule has 2 fully saturated rings. The zero-order valence-electron chi connectivity index (χ0n) is 13.9. The molecule has 2 aliphatic rings. The second kappa shape index (κ2) is 5.29. The van der Waals surface area contributed by atoms with E-state index in [2.05, 4.69) is 11.9 Å². The Morgan fingerprint density at radius 1 is 1.29 bits per heavy atom. The van der Waals surface area contributed by atoms with Crippen LogP contribution in [0.4, 0.5) is 4.79 Å². The van der Waals surface area contributed by atoms with E-state index in [0.29, 0.717) is 0 Å². The molecule has 1 N–H and O–H groups in total. The summed E-state index contributed by atoms with van der Waals surface area (Å²) >= 11 is 0. The molecule has 1 aliphatic heterocycles. The van der Waals surface area contributed by atoms with E-state index in [1.54, 1.807) is 0 Å². The van der Waals surface area contributed by atoms with Crippen LogP contribution in [0.1, 0.15) is 48.0 Å². The SMILES string of the molecule is C=C(C)[C@H]1C[C@@H](NC(=O)OC(C)(C)C)[C@@H]2OC(C)(C)O[C@@H]21. The summed E-state index contributed by atoms with van der Waals surface area (Å²) in [7, 11) is 0. The monoisotopic (exact) mass is 297 g/mol. The maximum atomic E-state index is 12.0. The molecular formula is C16H27NO4. The quantitative estimate of drug-likeness (QED) is 0.796. The van der Waals surface area contributed by atoms with Gasteiger partial charge in [0, 0.05) is 5.92 Å². The van der Waals surface area contributed by atoms with Crippen LogP contribution in [-0.4, -0.2) is 35.7 Å². The lowest BCUT2D eigenvalue weighted by Gasteiger charge is -2.25. The van der Waals surface area contributed by atoms with Crippen molar-refractivity contribution in [3.8, 4) is 0 Å². The number of alkyl carbamates (subject to hydrolysis) is 1. The highest BCUT2D eigenvalue weighted by Gasteiger charge is 2.54. The molecule has 0 aromatic rings. The lowest BCUT2D eigenvalue weighted by Crippen LogP contribution is -2.45. The molecule has 0 unspecified atom stereocenters. The molecule has 1 amide bonds. The van der Waals surface area contributed by atoms with Gasteiger partial charge < -0.3 is 19.5 Å². The minimum Gasteiger partial charge on any atom is -0.444 e. The highest BCUT2D eigenvalue weighted by molar-refractivity contribution is 5.68. The number of carbonyl (C=O) groups excluding carboxylic acids is 1. The molecule has 4 atom stereocenters. The van der Waals surface area contributed by atoms with Crippen LogP contribution in [0.15, 0.2) is 12.2 Å².